The molecule has 3 rings (SSSR count). The van der Waals surface area contributed by atoms with E-state index in [1.807, 2.05) is 6.08 Å². The maximum Gasteiger partial charge on any atom is 0.422 e. The first kappa shape index (κ1) is 25.2. The average molecular weight is 457 g/mol. The largest absolute Gasteiger partial charge is 0.422 e. The second-order valence-corrected chi connectivity index (χ2v) is 10.1. The summed E-state index contributed by atoms with van der Waals surface area (Å²) in [7, 11) is 0. The monoisotopic (exact) mass is 456 g/mol. The predicted molar refractivity (Wildman–Crippen MR) is 119 cm³/mol. The standard InChI is InChI=1S/C27H37F5/c1-2-3-4-5-6-19-7-9-20(10-8-19)11-12-21-13-15-22(16-14-21)23-17-24(28)26(25(29)18-23)27(30,31)32/h2,17-22H,1,3-16H2/t19-,20-,21-,22-. The van der Waals surface area contributed by atoms with E-state index >= 15 is 0 Å². The van der Waals surface area contributed by atoms with Crippen LogP contribution in [0.25, 0.3) is 0 Å². The molecule has 32 heavy (non-hydrogen) atoms. The van der Waals surface area contributed by atoms with Crippen LogP contribution < -0.4 is 0 Å². The van der Waals surface area contributed by atoms with Gasteiger partial charge in [0.15, 0.2) is 0 Å². The van der Waals surface area contributed by atoms with Crippen LogP contribution in [0.2, 0.25) is 0 Å². The Morgan fingerprint density at radius 1 is 0.750 bits per heavy atom. The summed E-state index contributed by atoms with van der Waals surface area (Å²) < 4.78 is 66.2. The van der Waals surface area contributed by atoms with Crippen LogP contribution in [0.3, 0.4) is 0 Å². The molecule has 1 aromatic carbocycles. The minimum absolute atomic E-state index is 0.0472. The fraction of sp³-hybridized carbons (Fsp3) is 0.704. The quantitative estimate of drug-likeness (QED) is 0.197. The number of rotatable bonds is 9. The molecule has 0 unspecified atom stereocenters. The van der Waals surface area contributed by atoms with Crippen molar-refractivity contribution in [2.24, 2.45) is 17.8 Å². The normalized spacial score (nSPS) is 26.8. The molecule has 0 heterocycles. The Bertz CT molecular complexity index is 699. The van der Waals surface area contributed by atoms with E-state index < -0.39 is 23.4 Å². The molecule has 2 aliphatic carbocycles. The number of alkyl halides is 3. The van der Waals surface area contributed by atoms with E-state index in [1.165, 1.54) is 57.8 Å². The van der Waals surface area contributed by atoms with Crippen molar-refractivity contribution in [3.8, 4) is 0 Å². The lowest BCUT2D eigenvalue weighted by atomic mass is 9.74. The Hall–Kier alpha value is -1.39. The molecule has 2 fully saturated rings. The summed E-state index contributed by atoms with van der Waals surface area (Å²) in [5.74, 6) is -0.677. The van der Waals surface area contributed by atoms with Crippen molar-refractivity contribution in [3.05, 3.63) is 47.5 Å². The topological polar surface area (TPSA) is 0 Å². The van der Waals surface area contributed by atoms with Crippen molar-refractivity contribution in [1.82, 2.24) is 0 Å². The summed E-state index contributed by atoms with van der Waals surface area (Å²) in [5.41, 5.74) is -1.40. The summed E-state index contributed by atoms with van der Waals surface area (Å²) in [4.78, 5) is 0. The van der Waals surface area contributed by atoms with Crippen LogP contribution in [-0.2, 0) is 6.18 Å². The Balaban J connectivity index is 1.38. The van der Waals surface area contributed by atoms with Crippen molar-refractivity contribution in [3.63, 3.8) is 0 Å². The molecule has 0 saturated heterocycles. The highest BCUT2D eigenvalue weighted by Crippen LogP contribution is 2.42. The minimum Gasteiger partial charge on any atom is -0.206 e. The number of benzene rings is 1. The van der Waals surface area contributed by atoms with Gasteiger partial charge in [0.25, 0.3) is 0 Å². The van der Waals surface area contributed by atoms with Crippen LogP contribution in [-0.4, -0.2) is 0 Å². The molecule has 0 N–H and O–H groups in total. The lowest BCUT2D eigenvalue weighted by Gasteiger charge is -2.32. The molecule has 1 aromatic rings. The minimum atomic E-state index is -5.00. The van der Waals surface area contributed by atoms with Gasteiger partial charge in [-0.15, -0.1) is 6.58 Å². The van der Waals surface area contributed by atoms with Gasteiger partial charge in [-0.05, 0) is 79.9 Å². The van der Waals surface area contributed by atoms with Gasteiger partial charge in [-0.2, -0.15) is 13.2 Å². The molecule has 0 spiro atoms. The summed E-state index contributed by atoms with van der Waals surface area (Å²) in [5, 5.41) is 0. The molecule has 2 saturated carbocycles. The van der Waals surface area contributed by atoms with E-state index in [0.717, 1.165) is 56.1 Å². The zero-order valence-corrected chi connectivity index (χ0v) is 19.0. The third kappa shape index (κ3) is 7.05. The highest BCUT2D eigenvalue weighted by atomic mass is 19.4. The number of halogens is 5. The van der Waals surface area contributed by atoms with E-state index in [0.29, 0.717) is 11.5 Å². The van der Waals surface area contributed by atoms with Crippen LogP contribution in [0.15, 0.2) is 24.8 Å². The molecule has 0 aliphatic heterocycles. The molecule has 0 aromatic heterocycles. The lowest BCUT2D eigenvalue weighted by molar-refractivity contribution is -0.142. The van der Waals surface area contributed by atoms with Gasteiger partial charge in [0.2, 0.25) is 0 Å². The van der Waals surface area contributed by atoms with Crippen molar-refractivity contribution in [1.29, 1.82) is 0 Å². The summed E-state index contributed by atoms with van der Waals surface area (Å²) >= 11 is 0. The second kappa shape index (κ2) is 11.7. The first-order valence-electron chi connectivity index (χ1n) is 12.4. The molecule has 0 amide bonds. The molecular formula is C27H37F5. The molecule has 5 heteroatoms. The van der Waals surface area contributed by atoms with Gasteiger partial charge in [-0.25, -0.2) is 8.78 Å². The van der Waals surface area contributed by atoms with Crippen molar-refractivity contribution < 1.29 is 22.0 Å². The number of hydrogen-bond donors (Lipinski definition) is 0. The molecule has 2 aliphatic rings. The summed E-state index contributed by atoms with van der Waals surface area (Å²) in [6, 6.07) is 1.79. The second-order valence-electron chi connectivity index (χ2n) is 10.1. The average Bonchev–Trinajstić information content (AvgIpc) is 2.75. The van der Waals surface area contributed by atoms with Gasteiger partial charge in [0, 0.05) is 0 Å². The summed E-state index contributed by atoms with van der Waals surface area (Å²) in [6.45, 7) is 3.78. The van der Waals surface area contributed by atoms with Gasteiger partial charge in [-0.1, -0.05) is 57.4 Å². The molecule has 180 valence electrons. The SMILES string of the molecule is C=CCCCC[C@H]1CC[C@H](CC[C@H]2CC[C@H](c3cc(F)c(C(F)(F)F)c(F)c3)CC2)CC1. The third-order valence-corrected chi connectivity index (χ3v) is 7.89. The van der Waals surface area contributed by atoms with Gasteiger partial charge in [0.1, 0.15) is 17.2 Å². The summed E-state index contributed by atoms with van der Waals surface area (Å²) in [6.07, 6.45) is 13.5. The highest BCUT2D eigenvalue weighted by molar-refractivity contribution is 5.30. The van der Waals surface area contributed by atoms with Crippen LogP contribution in [0, 0.1) is 29.4 Å². The van der Waals surface area contributed by atoms with Crippen molar-refractivity contribution in [2.75, 3.05) is 0 Å². The first-order valence-corrected chi connectivity index (χ1v) is 12.4. The molecular weight excluding hydrogens is 419 g/mol. The van der Waals surface area contributed by atoms with Gasteiger partial charge in [-0.3, -0.25) is 0 Å². The maximum atomic E-state index is 13.9. The first-order chi connectivity index (χ1) is 15.3. The smallest absolute Gasteiger partial charge is 0.206 e. The number of unbranched alkanes of at least 4 members (excludes halogenated alkanes) is 2. The van der Waals surface area contributed by atoms with Gasteiger partial charge >= 0.3 is 6.18 Å². The Labute approximate surface area is 189 Å². The van der Waals surface area contributed by atoms with Crippen LogP contribution in [0.5, 0.6) is 0 Å². The predicted octanol–water partition coefficient (Wildman–Crippen LogP) is 9.59. The fourth-order valence-corrected chi connectivity index (χ4v) is 5.89. The highest BCUT2D eigenvalue weighted by Gasteiger charge is 2.38. The van der Waals surface area contributed by atoms with Crippen LogP contribution in [0.4, 0.5) is 22.0 Å². The zero-order valence-electron chi connectivity index (χ0n) is 19.0. The Morgan fingerprint density at radius 3 is 1.69 bits per heavy atom. The molecule has 0 radical (unpaired) electrons. The van der Waals surface area contributed by atoms with E-state index in [9.17, 15) is 22.0 Å². The van der Waals surface area contributed by atoms with Gasteiger partial charge in [0.05, 0.1) is 0 Å². The molecule has 0 nitrogen and oxygen atoms in total. The van der Waals surface area contributed by atoms with Crippen molar-refractivity contribution in [2.45, 2.75) is 102 Å². The fourth-order valence-electron chi connectivity index (χ4n) is 5.89. The maximum absolute atomic E-state index is 13.9. The van der Waals surface area contributed by atoms with E-state index in [4.69, 9.17) is 0 Å². The van der Waals surface area contributed by atoms with Crippen molar-refractivity contribution >= 4 is 0 Å². The van der Waals surface area contributed by atoms with E-state index in [2.05, 4.69) is 6.58 Å². The number of allylic oxidation sites excluding steroid dienone is 1. The van der Waals surface area contributed by atoms with Gasteiger partial charge < -0.3 is 0 Å². The van der Waals surface area contributed by atoms with E-state index in [-0.39, 0.29) is 5.92 Å². The van der Waals surface area contributed by atoms with Crippen LogP contribution in [0.1, 0.15) is 107 Å². The molecule has 0 atom stereocenters. The van der Waals surface area contributed by atoms with E-state index in [1.54, 1.807) is 0 Å². The third-order valence-electron chi connectivity index (χ3n) is 7.89. The Morgan fingerprint density at radius 2 is 1.22 bits per heavy atom. The number of hydrogen-bond acceptors (Lipinski definition) is 0. The Kier molecular flexibility index (Phi) is 9.19. The zero-order chi connectivity index (χ0) is 23.1. The van der Waals surface area contributed by atoms with Crippen LogP contribution >= 0.6 is 0 Å². The lowest BCUT2D eigenvalue weighted by Crippen LogP contribution is -2.18. The molecule has 0 bridgehead atoms.